The lowest BCUT2D eigenvalue weighted by atomic mass is 10.2. The van der Waals surface area contributed by atoms with Gasteiger partial charge in [0.1, 0.15) is 0 Å². The van der Waals surface area contributed by atoms with E-state index in [4.69, 9.17) is 14.2 Å². The number of ether oxygens (including phenoxy) is 3. The van der Waals surface area contributed by atoms with Crippen LogP contribution in [-0.4, -0.2) is 24.7 Å². The molecule has 1 aromatic carbocycles. The fraction of sp³-hybridized carbons (Fsp3) is 0.300. The van der Waals surface area contributed by atoms with Crippen LogP contribution in [0.2, 0.25) is 0 Å². The van der Waals surface area contributed by atoms with E-state index in [0.29, 0.717) is 5.56 Å². The molecule has 0 aliphatic carbocycles. The van der Waals surface area contributed by atoms with Gasteiger partial charge in [0.05, 0.1) is 5.56 Å². The van der Waals surface area contributed by atoms with Gasteiger partial charge in [-0.2, -0.15) is 0 Å². The van der Waals surface area contributed by atoms with E-state index in [2.05, 4.69) is 0 Å². The number of hydrogen-bond acceptors (Lipinski definition) is 4. The summed E-state index contributed by atoms with van der Waals surface area (Å²) in [6.45, 7) is 0. The first-order chi connectivity index (χ1) is 6.84. The molecular weight excluding hydrogens is 184 g/mol. The Morgan fingerprint density at radius 1 is 1.21 bits per heavy atom. The van der Waals surface area contributed by atoms with Crippen molar-refractivity contribution in [2.45, 2.75) is 18.7 Å². The molecule has 1 aromatic rings. The first kappa shape index (κ1) is 7.96. The van der Waals surface area contributed by atoms with Gasteiger partial charge in [0, 0.05) is 0 Å². The largest absolute Gasteiger partial charge is 0.429 e. The minimum Gasteiger partial charge on any atom is -0.429 e. The van der Waals surface area contributed by atoms with E-state index in [1.807, 2.05) is 6.07 Å². The summed E-state index contributed by atoms with van der Waals surface area (Å²) in [6.07, 6.45) is -0.654. The van der Waals surface area contributed by atoms with Crippen LogP contribution < -0.4 is 0 Å². The highest BCUT2D eigenvalue weighted by Crippen LogP contribution is 2.40. The van der Waals surface area contributed by atoms with Crippen molar-refractivity contribution in [2.24, 2.45) is 0 Å². The maximum absolute atomic E-state index is 11.5. The summed E-state index contributed by atoms with van der Waals surface area (Å²) in [5, 5.41) is 0. The molecule has 3 rings (SSSR count). The normalized spacial score (nSPS) is 32.7. The zero-order valence-electron chi connectivity index (χ0n) is 7.25. The lowest BCUT2D eigenvalue weighted by Gasteiger charge is -2.20. The molecule has 72 valence electrons. The van der Waals surface area contributed by atoms with Crippen LogP contribution in [0.4, 0.5) is 0 Å². The smallest absolute Gasteiger partial charge is 0.340 e. The minimum atomic E-state index is -0.507. The van der Waals surface area contributed by atoms with Gasteiger partial charge in [-0.1, -0.05) is 18.2 Å². The molecule has 0 amide bonds. The Kier molecular flexibility index (Phi) is 1.59. The fourth-order valence-electron chi connectivity index (χ4n) is 1.37. The SMILES string of the molecule is O=C(OC1OC2OC12)c1ccccc1. The standard InChI is InChI=1S/C10H8O4/c11-8(6-4-2-1-3-5-6)13-10-7-9(12-7)14-10/h1-5,7,9-10H. The highest BCUT2D eigenvalue weighted by molar-refractivity contribution is 5.89. The summed E-state index contributed by atoms with van der Waals surface area (Å²) in [6, 6.07) is 8.82. The van der Waals surface area contributed by atoms with Crippen molar-refractivity contribution in [3.8, 4) is 0 Å². The van der Waals surface area contributed by atoms with E-state index < -0.39 is 6.29 Å². The Bertz CT molecular complexity index is 362. The summed E-state index contributed by atoms with van der Waals surface area (Å²) < 4.78 is 15.1. The summed E-state index contributed by atoms with van der Waals surface area (Å²) in [5.74, 6) is -0.371. The number of benzene rings is 1. The van der Waals surface area contributed by atoms with Gasteiger partial charge in [0.15, 0.2) is 12.4 Å². The van der Waals surface area contributed by atoms with Crippen LogP contribution in [0.5, 0.6) is 0 Å². The van der Waals surface area contributed by atoms with Gasteiger partial charge in [-0.05, 0) is 12.1 Å². The Labute approximate surface area is 80.4 Å². The third kappa shape index (κ3) is 1.20. The van der Waals surface area contributed by atoms with E-state index in [-0.39, 0.29) is 18.4 Å². The maximum atomic E-state index is 11.5. The van der Waals surface area contributed by atoms with Crippen molar-refractivity contribution < 1.29 is 19.0 Å². The summed E-state index contributed by atoms with van der Waals surface area (Å²) in [4.78, 5) is 11.5. The zero-order chi connectivity index (χ0) is 9.54. The number of rotatable bonds is 2. The minimum absolute atomic E-state index is 0.0253. The molecule has 3 unspecified atom stereocenters. The number of carbonyl (C=O) groups is 1. The molecular formula is C10H8O4. The predicted molar refractivity (Wildman–Crippen MR) is 45.4 cm³/mol. The number of esters is 1. The number of epoxide rings is 1. The van der Waals surface area contributed by atoms with Gasteiger partial charge in [-0.3, -0.25) is 0 Å². The van der Waals surface area contributed by atoms with Crippen molar-refractivity contribution in [2.75, 3.05) is 0 Å². The van der Waals surface area contributed by atoms with Crippen molar-refractivity contribution >= 4 is 5.97 Å². The lowest BCUT2D eigenvalue weighted by Crippen LogP contribution is -2.37. The van der Waals surface area contributed by atoms with Gasteiger partial charge in [0.25, 0.3) is 0 Å². The van der Waals surface area contributed by atoms with Gasteiger partial charge in [0.2, 0.25) is 6.29 Å². The molecule has 0 N–H and O–H groups in total. The van der Waals surface area contributed by atoms with Crippen LogP contribution in [-0.2, 0) is 14.2 Å². The van der Waals surface area contributed by atoms with Crippen LogP contribution >= 0.6 is 0 Å². The van der Waals surface area contributed by atoms with Crippen LogP contribution in [0.25, 0.3) is 0 Å². The first-order valence-corrected chi connectivity index (χ1v) is 4.41. The number of fused-ring (bicyclic) bond motifs is 1. The quantitative estimate of drug-likeness (QED) is 0.516. The molecule has 0 spiro atoms. The van der Waals surface area contributed by atoms with Crippen molar-refractivity contribution in [1.29, 1.82) is 0 Å². The maximum Gasteiger partial charge on any atom is 0.340 e. The Morgan fingerprint density at radius 3 is 2.57 bits per heavy atom. The van der Waals surface area contributed by atoms with E-state index in [1.165, 1.54) is 0 Å². The van der Waals surface area contributed by atoms with Gasteiger partial charge < -0.3 is 14.2 Å². The molecule has 4 nitrogen and oxygen atoms in total. The van der Waals surface area contributed by atoms with Crippen LogP contribution in [0.1, 0.15) is 10.4 Å². The number of hydrogen-bond donors (Lipinski definition) is 0. The average Bonchev–Trinajstić information content (AvgIpc) is 2.87. The van der Waals surface area contributed by atoms with Crippen molar-refractivity contribution in [3.05, 3.63) is 35.9 Å². The van der Waals surface area contributed by atoms with Crippen LogP contribution in [0, 0.1) is 0 Å². The van der Waals surface area contributed by atoms with Gasteiger partial charge >= 0.3 is 5.97 Å². The second-order valence-corrected chi connectivity index (χ2v) is 3.24. The molecule has 0 radical (unpaired) electrons. The first-order valence-electron chi connectivity index (χ1n) is 4.41. The second kappa shape index (κ2) is 2.80. The Morgan fingerprint density at radius 2 is 2.00 bits per heavy atom. The van der Waals surface area contributed by atoms with Crippen LogP contribution in [0.3, 0.4) is 0 Å². The Balaban J connectivity index is 1.65. The molecule has 2 aliphatic heterocycles. The molecule has 2 aliphatic rings. The van der Waals surface area contributed by atoms with Gasteiger partial charge in [-0.25, -0.2) is 4.79 Å². The molecule has 3 atom stereocenters. The highest BCUT2D eigenvalue weighted by Gasteiger charge is 2.61. The third-order valence-electron chi connectivity index (χ3n) is 2.25. The third-order valence-corrected chi connectivity index (χ3v) is 2.25. The van der Waals surface area contributed by atoms with E-state index >= 15 is 0 Å². The zero-order valence-corrected chi connectivity index (χ0v) is 7.25. The fourth-order valence-corrected chi connectivity index (χ4v) is 1.37. The van der Waals surface area contributed by atoms with Crippen molar-refractivity contribution in [3.63, 3.8) is 0 Å². The highest BCUT2D eigenvalue weighted by atomic mass is 16.9. The molecule has 2 fully saturated rings. The molecule has 0 saturated carbocycles. The number of carbonyl (C=O) groups excluding carboxylic acids is 1. The summed E-state index contributed by atoms with van der Waals surface area (Å²) in [7, 11) is 0. The molecule has 4 heteroatoms. The summed E-state index contributed by atoms with van der Waals surface area (Å²) in [5.41, 5.74) is 0.528. The second-order valence-electron chi connectivity index (χ2n) is 3.24. The average molecular weight is 192 g/mol. The molecule has 2 heterocycles. The molecule has 0 aromatic heterocycles. The Hall–Kier alpha value is -1.39. The van der Waals surface area contributed by atoms with E-state index in [1.54, 1.807) is 24.3 Å². The van der Waals surface area contributed by atoms with E-state index in [9.17, 15) is 4.79 Å². The van der Waals surface area contributed by atoms with E-state index in [0.717, 1.165) is 0 Å². The predicted octanol–water partition coefficient (Wildman–Crippen LogP) is 0.925. The molecule has 2 saturated heterocycles. The molecule has 14 heavy (non-hydrogen) atoms. The lowest BCUT2D eigenvalue weighted by molar-refractivity contribution is -0.172. The topological polar surface area (TPSA) is 48.1 Å². The van der Waals surface area contributed by atoms with Crippen molar-refractivity contribution in [1.82, 2.24) is 0 Å². The van der Waals surface area contributed by atoms with Crippen LogP contribution in [0.15, 0.2) is 30.3 Å². The van der Waals surface area contributed by atoms with Gasteiger partial charge in [-0.15, -0.1) is 0 Å². The monoisotopic (exact) mass is 192 g/mol. The molecule has 0 bridgehead atoms. The summed E-state index contributed by atoms with van der Waals surface area (Å²) >= 11 is 0.